The summed E-state index contributed by atoms with van der Waals surface area (Å²) >= 11 is 0. The lowest BCUT2D eigenvalue weighted by molar-refractivity contribution is -0.159. The summed E-state index contributed by atoms with van der Waals surface area (Å²) in [6, 6.07) is -0.573. The summed E-state index contributed by atoms with van der Waals surface area (Å²) in [7, 11) is 0. The van der Waals surface area contributed by atoms with E-state index in [-0.39, 0.29) is 17.2 Å². The van der Waals surface area contributed by atoms with Crippen LogP contribution in [-0.4, -0.2) is 33.8 Å². The maximum Gasteiger partial charge on any atom is 0.308 e. The van der Waals surface area contributed by atoms with Crippen molar-refractivity contribution in [1.29, 1.82) is 0 Å². The summed E-state index contributed by atoms with van der Waals surface area (Å²) in [4.78, 5) is 36.7. The smallest absolute Gasteiger partial charge is 0.308 e. The minimum absolute atomic E-state index is 0.128. The molecule has 1 spiro atoms. The molecule has 2 rings (SSSR count). The standard InChI is InChI=1S/C14H21NO4/c1-9(13(18)19)10(2)15-11(16)7-14(8-12(15)17)5-3-4-6-14/h9-10H,3-8H2,1-2H3,(H,18,19). The van der Waals surface area contributed by atoms with Crippen molar-refractivity contribution >= 4 is 17.8 Å². The number of nitrogens with zero attached hydrogens (tertiary/aromatic N) is 1. The molecular weight excluding hydrogens is 246 g/mol. The maximum atomic E-state index is 12.2. The van der Waals surface area contributed by atoms with Crippen LogP contribution >= 0.6 is 0 Å². The van der Waals surface area contributed by atoms with Crippen LogP contribution in [0.15, 0.2) is 0 Å². The number of imide groups is 1. The summed E-state index contributed by atoms with van der Waals surface area (Å²) < 4.78 is 0. The van der Waals surface area contributed by atoms with E-state index in [1.165, 1.54) is 11.8 Å². The molecule has 1 aliphatic carbocycles. The Bertz CT molecular complexity index is 392. The van der Waals surface area contributed by atoms with E-state index in [9.17, 15) is 14.4 Å². The number of amides is 2. The molecule has 106 valence electrons. The van der Waals surface area contributed by atoms with Gasteiger partial charge in [-0.1, -0.05) is 12.8 Å². The minimum atomic E-state index is -0.978. The average Bonchev–Trinajstić information content (AvgIpc) is 2.74. The van der Waals surface area contributed by atoms with E-state index in [4.69, 9.17) is 5.11 Å². The predicted molar refractivity (Wildman–Crippen MR) is 68.2 cm³/mol. The van der Waals surface area contributed by atoms with Crippen LogP contribution in [-0.2, 0) is 14.4 Å². The van der Waals surface area contributed by atoms with Crippen molar-refractivity contribution in [3.05, 3.63) is 0 Å². The molecule has 5 heteroatoms. The van der Waals surface area contributed by atoms with Gasteiger partial charge in [-0.25, -0.2) is 0 Å². The van der Waals surface area contributed by atoms with Crippen molar-refractivity contribution in [3.8, 4) is 0 Å². The molecule has 1 saturated heterocycles. The van der Waals surface area contributed by atoms with Crippen LogP contribution < -0.4 is 0 Å². The summed E-state index contributed by atoms with van der Waals surface area (Å²) in [6.45, 7) is 3.18. The quantitative estimate of drug-likeness (QED) is 0.791. The molecule has 2 aliphatic rings. The monoisotopic (exact) mass is 267 g/mol. The molecule has 1 heterocycles. The van der Waals surface area contributed by atoms with Crippen molar-refractivity contribution in [2.45, 2.75) is 58.4 Å². The second kappa shape index (κ2) is 4.94. The van der Waals surface area contributed by atoms with Crippen LogP contribution in [0, 0.1) is 11.3 Å². The van der Waals surface area contributed by atoms with Crippen molar-refractivity contribution in [2.75, 3.05) is 0 Å². The molecule has 1 N–H and O–H groups in total. The molecule has 2 unspecified atom stereocenters. The normalized spacial score (nSPS) is 25.7. The molecule has 1 aliphatic heterocycles. The van der Waals surface area contributed by atoms with Gasteiger partial charge in [0.15, 0.2) is 0 Å². The van der Waals surface area contributed by atoms with Crippen LogP contribution in [0.5, 0.6) is 0 Å². The summed E-state index contributed by atoms with van der Waals surface area (Å²) in [5.41, 5.74) is -0.128. The Morgan fingerprint density at radius 3 is 2.05 bits per heavy atom. The highest BCUT2D eigenvalue weighted by Gasteiger charge is 2.47. The lowest BCUT2D eigenvalue weighted by Gasteiger charge is -2.40. The fourth-order valence-corrected chi connectivity index (χ4v) is 3.38. The first-order valence-electron chi connectivity index (χ1n) is 6.94. The highest BCUT2D eigenvalue weighted by molar-refractivity contribution is 5.99. The van der Waals surface area contributed by atoms with Gasteiger partial charge in [-0.05, 0) is 32.1 Å². The number of carbonyl (C=O) groups is 3. The fraction of sp³-hybridized carbons (Fsp3) is 0.786. The van der Waals surface area contributed by atoms with Crippen LogP contribution in [0.2, 0.25) is 0 Å². The molecule has 19 heavy (non-hydrogen) atoms. The zero-order valence-corrected chi connectivity index (χ0v) is 11.5. The molecule has 0 aromatic heterocycles. The molecule has 2 amide bonds. The van der Waals surface area contributed by atoms with Gasteiger partial charge in [-0.2, -0.15) is 0 Å². The molecule has 2 atom stereocenters. The third-order valence-electron chi connectivity index (χ3n) is 4.77. The van der Waals surface area contributed by atoms with E-state index in [0.717, 1.165) is 25.7 Å². The molecule has 5 nitrogen and oxygen atoms in total. The Kier molecular flexibility index (Phi) is 3.65. The highest BCUT2D eigenvalue weighted by atomic mass is 16.4. The molecule has 0 radical (unpaired) electrons. The van der Waals surface area contributed by atoms with Crippen molar-refractivity contribution < 1.29 is 19.5 Å². The number of carboxylic acid groups (broad SMARTS) is 1. The van der Waals surface area contributed by atoms with Crippen molar-refractivity contribution in [1.82, 2.24) is 4.90 Å². The van der Waals surface area contributed by atoms with Crippen LogP contribution in [0.1, 0.15) is 52.4 Å². The van der Waals surface area contributed by atoms with Crippen LogP contribution in [0.25, 0.3) is 0 Å². The molecule has 0 aromatic carbocycles. The summed E-state index contributed by atoms with van der Waals surface area (Å²) in [5, 5.41) is 9.01. The minimum Gasteiger partial charge on any atom is -0.481 e. The van der Waals surface area contributed by atoms with Gasteiger partial charge in [0.25, 0.3) is 0 Å². The number of carboxylic acids is 1. The first-order valence-corrected chi connectivity index (χ1v) is 6.94. The van der Waals surface area contributed by atoms with Gasteiger partial charge in [-0.3, -0.25) is 19.3 Å². The molecular formula is C14H21NO4. The average molecular weight is 267 g/mol. The lowest BCUT2D eigenvalue weighted by atomic mass is 9.75. The van der Waals surface area contributed by atoms with E-state index in [1.807, 2.05) is 0 Å². The Morgan fingerprint density at radius 2 is 1.63 bits per heavy atom. The molecule has 0 aromatic rings. The van der Waals surface area contributed by atoms with E-state index in [1.54, 1.807) is 6.92 Å². The molecule has 1 saturated carbocycles. The Morgan fingerprint density at radius 1 is 1.16 bits per heavy atom. The Balaban J connectivity index is 2.14. The third-order valence-corrected chi connectivity index (χ3v) is 4.77. The largest absolute Gasteiger partial charge is 0.481 e. The van der Waals surface area contributed by atoms with Crippen molar-refractivity contribution in [2.24, 2.45) is 11.3 Å². The van der Waals surface area contributed by atoms with E-state index < -0.39 is 17.9 Å². The predicted octanol–water partition coefficient (Wildman–Crippen LogP) is 1.80. The van der Waals surface area contributed by atoms with Crippen LogP contribution in [0.3, 0.4) is 0 Å². The number of carbonyl (C=O) groups excluding carboxylic acids is 2. The van der Waals surface area contributed by atoms with Gasteiger partial charge < -0.3 is 5.11 Å². The lowest BCUT2D eigenvalue weighted by Crippen LogP contribution is -2.53. The third kappa shape index (κ3) is 2.51. The summed E-state index contributed by atoms with van der Waals surface area (Å²) in [5.74, 6) is -2.10. The SMILES string of the molecule is CC(C(=O)O)C(C)N1C(=O)CC2(CCCC2)CC1=O. The van der Waals surface area contributed by atoms with Crippen molar-refractivity contribution in [3.63, 3.8) is 0 Å². The van der Waals surface area contributed by atoms with Gasteiger partial charge in [0, 0.05) is 18.9 Å². The van der Waals surface area contributed by atoms with Gasteiger partial charge in [0.1, 0.15) is 0 Å². The number of hydrogen-bond donors (Lipinski definition) is 1. The van der Waals surface area contributed by atoms with E-state index in [0.29, 0.717) is 12.8 Å². The maximum absolute atomic E-state index is 12.2. The Hall–Kier alpha value is -1.39. The van der Waals surface area contributed by atoms with E-state index in [2.05, 4.69) is 0 Å². The number of piperidine rings is 1. The summed E-state index contributed by atoms with van der Waals surface area (Å²) in [6.07, 6.45) is 4.86. The number of rotatable bonds is 3. The van der Waals surface area contributed by atoms with E-state index >= 15 is 0 Å². The van der Waals surface area contributed by atoms with Gasteiger partial charge in [-0.15, -0.1) is 0 Å². The molecule has 0 bridgehead atoms. The number of aliphatic carboxylic acids is 1. The first kappa shape index (κ1) is 14.0. The second-order valence-corrected chi connectivity index (χ2v) is 6.09. The topological polar surface area (TPSA) is 74.7 Å². The van der Waals surface area contributed by atoms with Gasteiger partial charge in [0.2, 0.25) is 11.8 Å². The van der Waals surface area contributed by atoms with Gasteiger partial charge >= 0.3 is 5.97 Å². The molecule has 2 fully saturated rings. The first-order chi connectivity index (χ1) is 8.86. The number of likely N-dealkylation sites (tertiary alicyclic amines) is 1. The fourth-order valence-electron chi connectivity index (χ4n) is 3.38. The highest BCUT2D eigenvalue weighted by Crippen LogP contribution is 2.47. The Labute approximate surface area is 113 Å². The number of hydrogen-bond acceptors (Lipinski definition) is 3. The second-order valence-electron chi connectivity index (χ2n) is 6.09. The van der Waals surface area contributed by atoms with Gasteiger partial charge in [0.05, 0.1) is 5.92 Å². The zero-order chi connectivity index (χ0) is 14.2. The zero-order valence-electron chi connectivity index (χ0n) is 11.5. The van der Waals surface area contributed by atoms with Crippen LogP contribution in [0.4, 0.5) is 0 Å².